The Labute approximate surface area is 151 Å². The molecule has 0 aliphatic carbocycles. The Hall–Kier alpha value is -2.64. The summed E-state index contributed by atoms with van der Waals surface area (Å²) in [5, 5.41) is 13.5. The molecule has 0 unspecified atom stereocenters. The Kier molecular flexibility index (Phi) is 4.05. The standard InChI is InChI=1S/C18H22FN7/c1-18(2,3)14-4-5-15-22-23-16(26(15)24-14)12-6-8-25(9-7-12)17-20-10-13(19)11-21-17/h4-5,10-12H,6-9H2,1-3H3. The number of rotatable bonds is 2. The molecule has 0 N–H and O–H groups in total. The maximum atomic E-state index is 13.0. The van der Waals surface area contributed by atoms with Gasteiger partial charge in [0.1, 0.15) is 0 Å². The quantitative estimate of drug-likeness (QED) is 0.704. The zero-order valence-electron chi connectivity index (χ0n) is 15.2. The van der Waals surface area contributed by atoms with E-state index in [9.17, 15) is 4.39 Å². The van der Waals surface area contributed by atoms with Crippen LogP contribution in [-0.2, 0) is 5.41 Å². The van der Waals surface area contributed by atoms with Crippen LogP contribution in [0.5, 0.6) is 0 Å². The fourth-order valence-electron chi connectivity index (χ4n) is 3.27. The summed E-state index contributed by atoms with van der Waals surface area (Å²) in [7, 11) is 0. The molecule has 1 aliphatic rings. The van der Waals surface area contributed by atoms with E-state index in [1.54, 1.807) is 0 Å². The van der Waals surface area contributed by atoms with Crippen LogP contribution in [0.2, 0.25) is 0 Å². The minimum absolute atomic E-state index is 0.0288. The van der Waals surface area contributed by atoms with Gasteiger partial charge in [0, 0.05) is 24.4 Å². The third kappa shape index (κ3) is 3.11. The highest BCUT2D eigenvalue weighted by molar-refractivity contribution is 5.38. The smallest absolute Gasteiger partial charge is 0.225 e. The summed E-state index contributed by atoms with van der Waals surface area (Å²) in [6, 6.07) is 3.99. The average Bonchev–Trinajstić information content (AvgIpc) is 3.05. The van der Waals surface area contributed by atoms with E-state index < -0.39 is 5.82 Å². The summed E-state index contributed by atoms with van der Waals surface area (Å²) < 4.78 is 14.9. The van der Waals surface area contributed by atoms with Crippen molar-refractivity contribution in [3.63, 3.8) is 0 Å². The van der Waals surface area contributed by atoms with Gasteiger partial charge in [-0.25, -0.2) is 14.4 Å². The van der Waals surface area contributed by atoms with E-state index in [4.69, 9.17) is 5.10 Å². The minimum Gasteiger partial charge on any atom is -0.341 e. The molecule has 1 fully saturated rings. The first kappa shape index (κ1) is 16.8. The molecular weight excluding hydrogens is 333 g/mol. The molecular formula is C18H22FN7. The minimum atomic E-state index is -0.417. The van der Waals surface area contributed by atoms with Crippen LogP contribution in [0.4, 0.5) is 10.3 Å². The first-order chi connectivity index (χ1) is 12.4. The van der Waals surface area contributed by atoms with Crippen molar-refractivity contribution >= 4 is 11.6 Å². The largest absolute Gasteiger partial charge is 0.341 e. The summed E-state index contributed by atoms with van der Waals surface area (Å²) in [6.07, 6.45) is 4.22. The van der Waals surface area contributed by atoms with E-state index >= 15 is 0 Å². The highest BCUT2D eigenvalue weighted by atomic mass is 19.1. The predicted octanol–water partition coefficient (Wildman–Crippen LogP) is 2.73. The van der Waals surface area contributed by atoms with Crippen LogP contribution in [0.1, 0.15) is 51.0 Å². The first-order valence-electron chi connectivity index (χ1n) is 8.87. The summed E-state index contributed by atoms with van der Waals surface area (Å²) in [6.45, 7) is 8.03. The highest BCUT2D eigenvalue weighted by Gasteiger charge is 2.27. The molecule has 0 bridgehead atoms. The van der Waals surface area contributed by atoms with E-state index in [2.05, 4.69) is 45.8 Å². The number of anilines is 1. The summed E-state index contributed by atoms with van der Waals surface area (Å²) >= 11 is 0. The van der Waals surface area contributed by atoms with Crippen molar-refractivity contribution in [2.45, 2.75) is 44.9 Å². The predicted molar refractivity (Wildman–Crippen MR) is 95.7 cm³/mol. The number of halogens is 1. The Morgan fingerprint density at radius 3 is 2.38 bits per heavy atom. The lowest BCUT2D eigenvalue weighted by molar-refractivity contribution is 0.467. The molecule has 3 aromatic heterocycles. The molecule has 1 aliphatic heterocycles. The first-order valence-corrected chi connectivity index (χ1v) is 8.87. The zero-order chi connectivity index (χ0) is 18.3. The second-order valence-corrected chi connectivity index (χ2v) is 7.76. The van der Waals surface area contributed by atoms with Gasteiger partial charge >= 0.3 is 0 Å². The number of piperidine rings is 1. The summed E-state index contributed by atoms with van der Waals surface area (Å²) in [5.74, 6) is 1.35. The molecule has 8 heteroatoms. The van der Waals surface area contributed by atoms with E-state index in [1.165, 1.54) is 12.4 Å². The van der Waals surface area contributed by atoms with Gasteiger partial charge in [0.15, 0.2) is 17.3 Å². The third-order valence-electron chi connectivity index (χ3n) is 4.81. The number of fused-ring (bicyclic) bond motifs is 1. The second kappa shape index (κ2) is 6.26. The molecule has 0 atom stereocenters. The molecule has 0 aromatic carbocycles. The fourth-order valence-corrected chi connectivity index (χ4v) is 3.27. The molecule has 26 heavy (non-hydrogen) atoms. The van der Waals surface area contributed by atoms with Gasteiger partial charge in [0.05, 0.1) is 18.1 Å². The second-order valence-electron chi connectivity index (χ2n) is 7.76. The van der Waals surface area contributed by atoms with E-state index in [-0.39, 0.29) is 11.3 Å². The molecule has 4 heterocycles. The highest BCUT2D eigenvalue weighted by Crippen LogP contribution is 2.29. The van der Waals surface area contributed by atoms with E-state index in [1.807, 2.05) is 16.6 Å². The van der Waals surface area contributed by atoms with Crippen LogP contribution in [0.25, 0.3) is 5.65 Å². The molecule has 0 spiro atoms. The van der Waals surface area contributed by atoms with Crippen molar-refractivity contribution in [1.82, 2.24) is 29.8 Å². The van der Waals surface area contributed by atoms with Crippen molar-refractivity contribution in [3.05, 3.63) is 41.9 Å². The van der Waals surface area contributed by atoms with Gasteiger partial charge in [0.25, 0.3) is 0 Å². The van der Waals surface area contributed by atoms with E-state index in [0.29, 0.717) is 5.95 Å². The molecule has 0 saturated carbocycles. The maximum absolute atomic E-state index is 13.0. The van der Waals surface area contributed by atoms with Crippen LogP contribution >= 0.6 is 0 Å². The van der Waals surface area contributed by atoms with Crippen molar-refractivity contribution < 1.29 is 4.39 Å². The lowest BCUT2D eigenvalue weighted by atomic mass is 9.92. The third-order valence-corrected chi connectivity index (χ3v) is 4.81. The van der Waals surface area contributed by atoms with Gasteiger partial charge in [-0.15, -0.1) is 10.2 Å². The lowest BCUT2D eigenvalue weighted by Gasteiger charge is -2.31. The van der Waals surface area contributed by atoms with Crippen LogP contribution in [-0.4, -0.2) is 42.9 Å². The van der Waals surface area contributed by atoms with Crippen molar-refractivity contribution in [3.8, 4) is 0 Å². The Morgan fingerprint density at radius 2 is 1.73 bits per heavy atom. The van der Waals surface area contributed by atoms with Gasteiger partial charge in [0.2, 0.25) is 5.95 Å². The molecule has 7 nitrogen and oxygen atoms in total. The maximum Gasteiger partial charge on any atom is 0.225 e. The summed E-state index contributed by atoms with van der Waals surface area (Å²) in [5.41, 5.74) is 1.76. The Balaban J connectivity index is 1.55. The van der Waals surface area contributed by atoms with Crippen molar-refractivity contribution in [1.29, 1.82) is 0 Å². The molecule has 0 amide bonds. The molecule has 4 rings (SSSR count). The number of nitrogens with zero attached hydrogens (tertiary/aromatic N) is 7. The zero-order valence-corrected chi connectivity index (χ0v) is 15.2. The fraction of sp³-hybridized carbons (Fsp3) is 0.500. The number of hydrogen-bond donors (Lipinski definition) is 0. The van der Waals surface area contributed by atoms with Crippen LogP contribution in [0.15, 0.2) is 24.5 Å². The molecule has 136 valence electrons. The van der Waals surface area contributed by atoms with Gasteiger partial charge in [-0.3, -0.25) is 0 Å². The van der Waals surface area contributed by atoms with Gasteiger partial charge in [-0.05, 0) is 25.0 Å². The monoisotopic (exact) mass is 355 g/mol. The molecule has 0 radical (unpaired) electrons. The average molecular weight is 355 g/mol. The Bertz CT molecular complexity index is 905. The van der Waals surface area contributed by atoms with Crippen LogP contribution in [0, 0.1) is 5.82 Å². The molecule has 3 aromatic rings. The lowest BCUT2D eigenvalue weighted by Crippen LogP contribution is -2.34. The van der Waals surface area contributed by atoms with E-state index in [0.717, 1.165) is 43.1 Å². The topological polar surface area (TPSA) is 72.1 Å². The van der Waals surface area contributed by atoms with Gasteiger partial charge in [-0.1, -0.05) is 20.8 Å². The van der Waals surface area contributed by atoms with Gasteiger partial charge in [-0.2, -0.15) is 9.61 Å². The summed E-state index contributed by atoms with van der Waals surface area (Å²) in [4.78, 5) is 10.2. The van der Waals surface area contributed by atoms with Crippen molar-refractivity contribution in [2.75, 3.05) is 18.0 Å². The molecule has 1 saturated heterocycles. The Morgan fingerprint density at radius 1 is 1.04 bits per heavy atom. The van der Waals surface area contributed by atoms with Crippen molar-refractivity contribution in [2.24, 2.45) is 0 Å². The number of aromatic nitrogens is 6. The van der Waals surface area contributed by atoms with Crippen LogP contribution < -0.4 is 4.90 Å². The number of hydrogen-bond acceptors (Lipinski definition) is 6. The van der Waals surface area contributed by atoms with Crippen LogP contribution in [0.3, 0.4) is 0 Å². The van der Waals surface area contributed by atoms with Gasteiger partial charge < -0.3 is 4.90 Å². The SMILES string of the molecule is CC(C)(C)c1ccc2nnc(C3CCN(c4ncc(F)cn4)CC3)n2n1. The normalized spacial score (nSPS) is 16.4.